The Morgan fingerprint density at radius 2 is 1.87 bits per heavy atom. The normalized spacial score (nSPS) is 14.5. The van der Waals surface area contributed by atoms with Crippen LogP contribution in [0.25, 0.3) is 10.9 Å². The smallest absolute Gasteiger partial charge is 0.253 e. The molecule has 0 amide bonds. The number of H-pyrrole nitrogens is 1. The molecule has 1 aliphatic carbocycles. The van der Waals surface area contributed by atoms with Crippen molar-refractivity contribution in [3.8, 4) is 0 Å². The summed E-state index contributed by atoms with van der Waals surface area (Å²) >= 11 is 5.86. The largest absolute Gasteiger partial charge is 0.342 e. The third-order valence-electron chi connectivity index (χ3n) is 6.40. The van der Waals surface area contributed by atoms with Gasteiger partial charge < -0.3 is 15.2 Å². The van der Waals surface area contributed by atoms with Crippen LogP contribution in [0.15, 0.2) is 53.3 Å². The summed E-state index contributed by atoms with van der Waals surface area (Å²) < 4.78 is 0. The standard InChI is InChI=1S/C26H31N3OS/c1-3-19-12-14-22(15-13-19)27-26(31)29(23-10-5-4-6-11-23)17-21-16-20-9-7-8-18(2)24(20)28-25(21)30/h7-9,12-16,23H,3-6,10-11,17H2,1-2H3,(H,27,31)(H,28,30). The Labute approximate surface area is 189 Å². The summed E-state index contributed by atoms with van der Waals surface area (Å²) in [6.07, 6.45) is 6.94. The van der Waals surface area contributed by atoms with Crippen LogP contribution in [0, 0.1) is 6.92 Å². The maximum absolute atomic E-state index is 12.9. The maximum Gasteiger partial charge on any atom is 0.253 e. The monoisotopic (exact) mass is 433 g/mol. The predicted octanol–water partition coefficient (Wildman–Crippen LogP) is 5.93. The lowest BCUT2D eigenvalue weighted by Gasteiger charge is -2.36. The second kappa shape index (κ2) is 9.65. The fraction of sp³-hybridized carbons (Fsp3) is 0.385. The zero-order valence-corrected chi connectivity index (χ0v) is 19.2. The fourth-order valence-corrected chi connectivity index (χ4v) is 4.84. The number of anilines is 1. The highest BCUT2D eigenvalue weighted by Crippen LogP contribution is 2.25. The molecule has 1 heterocycles. The van der Waals surface area contributed by atoms with E-state index in [1.165, 1.54) is 24.8 Å². The number of pyridine rings is 1. The highest BCUT2D eigenvalue weighted by Gasteiger charge is 2.24. The molecule has 1 aromatic heterocycles. The van der Waals surface area contributed by atoms with Gasteiger partial charge >= 0.3 is 0 Å². The number of aromatic amines is 1. The number of hydrogen-bond donors (Lipinski definition) is 2. The summed E-state index contributed by atoms with van der Waals surface area (Å²) in [7, 11) is 0. The molecule has 0 radical (unpaired) electrons. The maximum atomic E-state index is 12.9. The van der Waals surface area contributed by atoms with Gasteiger partial charge in [0.25, 0.3) is 5.56 Å². The Morgan fingerprint density at radius 1 is 1.13 bits per heavy atom. The van der Waals surface area contributed by atoms with Crippen LogP contribution < -0.4 is 10.9 Å². The van der Waals surface area contributed by atoms with Gasteiger partial charge in [0.2, 0.25) is 0 Å². The lowest BCUT2D eigenvalue weighted by molar-refractivity contribution is 0.240. The van der Waals surface area contributed by atoms with Gasteiger partial charge in [-0.15, -0.1) is 0 Å². The molecule has 5 heteroatoms. The van der Waals surface area contributed by atoms with Crippen molar-refractivity contribution in [1.82, 2.24) is 9.88 Å². The molecule has 0 bridgehead atoms. The molecule has 1 aliphatic rings. The molecule has 1 fully saturated rings. The van der Waals surface area contributed by atoms with Crippen LogP contribution in [0.3, 0.4) is 0 Å². The predicted molar refractivity (Wildman–Crippen MR) is 134 cm³/mol. The van der Waals surface area contributed by atoms with Gasteiger partial charge in [0.05, 0.1) is 12.1 Å². The van der Waals surface area contributed by atoms with Gasteiger partial charge in [-0.25, -0.2) is 0 Å². The van der Waals surface area contributed by atoms with Gasteiger partial charge in [-0.3, -0.25) is 4.79 Å². The minimum Gasteiger partial charge on any atom is -0.342 e. The van der Waals surface area contributed by atoms with Crippen LogP contribution in [0.1, 0.15) is 55.7 Å². The minimum absolute atomic E-state index is 0.0299. The molecule has 4 rings (SSSR count). The topological polar surface area (TPSA) is 48.1 Å². The SMILES string of the molecule is CCc1ccc(NC(=S)N(Cc2cc3cccc(C)c3[nH]c2=O)C2CCCCC2)cc1. The Balaban J connectivity index is 1.61. The molecule has 31 heavy (non-hydrogen) atoms. The Hall–Kier alpha value is -2.66. The fourth-order valence-electron chi connectivity index (χ4n) is 4.51. The number of aromatic nitrogens is 1. The average molecular weight is 434 g/mol. The number of benzene rings is 2. The highest BCUT2D eigenvalue weighted by molar-refractivity contribution is 7.80. The molecule has 0 aliphatic heterocycles. The zero-order valence-electron chi connectivity index (χ0n) is 18.4. The summed E-state index contributed by atoms with van der Waals surface area (Å²) in [4.78, 5) is 18.2. The number of nitrogens with zero attached hydrogens (tertiary/aromatic N) is 1. The molecule has 1 saturated carbocycles. The third kappa shape index (κ3) is 4.99. The van der Waals surface area contributed by atoms with E-state index in [1.54, 1.807) is 0 Å². The first-order valence-corrected chi connectivity index (χ1v) is 11.7. The first-order valence-electron chi connectivity index (χ1n) is 11.3. The Bertz CT molecular complexity index is 1110. The molecule has 162 valence electrons. The molecule has 0 atom stereocenters. The first kappa shape index (κ1) is 21.6. The number of rotatable bonds is 5. The van der Waals surface area contributed by atoms with Crippen molar-refractivity contribution >= 4 is 33.9 Å². The van der Waals surface area contributed by atoms with Gasteiger partial charge in [0.1, 0.15) is 0 Å². The number of hydrogen-bond acceptors (Lipinski definition) is 2. The second-order valence-electron chi connectivity index (χ2n) is 8.56. The van der Waals surface area contributed by atoms with E-state index in [2.05, 4.69) is 52.5 Å². The average Bonchev–Trinajstić information content (AvgIpc) is 2.79. The van der Waals surface area contributed by atoms with Crippen molar-refractivity contribution in [2.45, 2.75) is 65.0 Å². The van der Waals surface area contributed by atoms with Crippen molar-refractivity contribution in [2.75, 3.05) is 5.32 Å². The lowest BCUT2D eigenvalue weighted by Crippen LogP contribution is -2.44. The van der Waals surface area contributed by atoms with E-state index in [4.69, 9.17) is 12.2 Å². The van der Waals surface area contributed by atoms with Crippen LogP contribution in [0.5, 0.6) is 0 Å². The minimum atomic E-state index is -0.0299. The second-order valence-corrected chi connectivity index (χ2v) is 8.95. The van der Waals surface area contributed by atoms with Gasteiger partial charge in [-0.05, 0) is 73.1 Å². The quantitative estimate of drug-likeness (QED) is 0.490. The van der Waals surface area contributed by atoms with Crippen molar-refractivity contribution in [2.24, 2.45) is 0 Å². The molecule has 4 nitrogen and oxygen atoms in total. The van der Waals surface area contributed by atoms with Crippen LogP contribution in [-0.2, 0) is 13.0 Å². The molecular weight excluding hydrogens is 402 g/mol. The number of fused-ring (bicyclic) bond motifs is 1. The van der Waals surface area contributed by atoms with Crippen LogP contribution >= 0.6 is 12.2 Å². The number of thiocarbonyl (C=S) groups is 1. The van der Waals surface area contributed by atoms with E-state index in [-0.39, 0.29) is 5.56 Å². The lowest BCUT2D eigenvalue weighted by atomic mass is 9.94. The highest BCUT2D eigenvalue weighted by atomic mass is 32.1. The van der Waals surface area contributed by atoms with Crippen molar-refractivity contribution < 1.29 is 0 Å². The van der Waals surface area contributed by atoms with Gasteiger partial charge in [-0.1, -0.05) is 56.5 Å². The summed E-state index contributed by atoms with van der Waals surface area (Å²) in [5.41, 5.74) is 5.02. The van der Waals surface area contributed by atoms with Crippen molar-refractivity contribution in [3.63, 3.8) is 0 Å². The third-order valence-corrected chi connectivity index (χ3v) is 6.73. The van der Waals surface area contributed by atoms with E-state index < -0.39 is 0 Å². The van der Waals surface area contributed by atoms with Gasteiger partial charge in [0, 0.05) is 17.3 Å². The van der Waals surface area contributed by atoms with E-state index in [0.717, 1.165) is 47.0 Å². The molecule has 2 N–H and O–H groups in total. The zero-order chi connectivity index (χ0) is 21.8. The van der Waals surface area contributed by atoms with Gasteiger partial charge in [-0.2, -0.15) is 0 Å². The molecule has 2 aromatic carbocycles. The number of para-hydroxylation sites is 1. The van der Waals surface area contributed by atoms with E-state index >= 15 is 0 Å². The molecule has 0 saturated heterocycles. The van der Waals surface area contributed by atoms with E-state index in [9.17, 15) is 4.79 Å². The summed E-state index contributed by atoms with van der Waals surface area (Å²) in [6, 6.07) is 16.9. The summed E-state index contributed by atoms with van der Waals surface area (Å²) in [5.74, 6) is 0. The molecular formula is C26H31N3OS. The number of nitrogens with one attached hydrogen (secondary N) is 2. The summed E-state index contributed by atoms with van der Waals surface area (Å²) in [6.45, 7) is 4.69. The van der Waals surface area contributed by atoms with Gasteiger partial charge in [0.15, 0.2) is 5.11 Å². The number of aryl methyl sites for hydroxylation is 2. The van der Waals surface area contributed by atoms with E-state index in [1.807, 2.05) is 25.1 Å². The van der Waals surface area contributed by atoms with E-state index in [0.29, 0.717) is 17.7 Å². The van der Waals surface area contributed by atoms with Crippen LogP contribution in [0.4, 0.5) is 5.69 Å². The summed E-state index contributed by atoms with van der Waals surface area (Å²) in [5, 5.41) is 5.18. The Kier molecular flexibility index (Phi) is 6.71. The Morgan fingerprint density at radius 3 is 2.58 bits per heavy atom. The van der Waals surface area contributed by atoms with Crippen LogP contribution in [-0.4, -0.2) is 21.0 Å². The molecule has 0 unspecified atom stereocenters. The van der Waals surface area contributed by atoms with Crippen molar-refractivity contribution in [1.29, 1.82) is 0 Å². The first-order chi connectivity index (χ1) is 15.0. The molecule has 0 spiro atoms. The van der Waals surface area contributed by atoms with Crippen molar-refractivity contribution in [3.05, 3.63) is 75.6 Å². The van der Waals surface area contributed by atoms with Crippen LogP contribution in [0.2, 0.25) is 0 Å². The molecule has 3 aromatic rings.